The summed E-state index contributed by atoms with van der Waals surface area (Å²) in [7, 11) is 1.54. The predicted octanol–water partition coefficient (Wildman–Crippen LogP) is 1.50. The van der Waals surface area contributed by atoms with E-state index < -0.39 is 0 Å². The van der Waals surface area contributed by atoms with Crippen molar-refractivity contribution in [1.29, 1.82) is 0 Å². The molecule has 2 aromatic rings. The monoisotopic (exact) mass is 411 g/mol. The van der Waals surface area contributed by atoms with E-state index in [-0.39, 0.29) is 30.2 Å². The number of aromatic nitrogens is 2. The molecule has 0 bridgehead atoms. The van der Waals surface area contributed by atoms with Gasteiger partial charge in [-0.25, -0.2) is 9.97 Å². The highest BCUT2D eigenvalue weighted by Crippen LogP contribution is 2.26. The molecule has 0 unspecified atom stereocenters. The minimum atomic E-state index is -0.318. The van der Waals surface area contributed by atoms with E-state index in [9.17, 15) is 14.4 Å². The Kier molecular flexibility index (Phi) is 6.61. The van der Waals surface area contributed by atoms with Crippen LogP contribution in [0.2, 0.25) is 0 Å². The number of amides is 3. The Balaban J connectivity index is 1.66. The van der Waals surface area contributed by atoms with Gasteiger partial charge in [0, 0.05) is 32.1 Å². The first kappa shape index (κ1) is 21.2. The number of hydrogen-bond donors (Lipinski definition) is 2. The van der Waals surface area contributed by atoms with Crippen LogP contribution < -0.4 is 15.4 Å². The van der Waals surface area contributed by atoms with Crippen LogP contribution in [0, 0.1) is 6.92 Å². The second kappa shape index (κ2) is 9.34. The summed E-state index contributed by atoms with van der Waals surface area (Å²) in [5.41, 5.74) is 1.51. The van der Waals surface area contributed by atoms with Crippen LogP contribution in [-0.4, -0.2) is 59.3 Å². The third-order valence-corrected chi connectivity index (χ3v) is 4.99. The van der Waals surface area contributed by atoms with Crippen molar-refractivity contribution >= 4 is 23.4 Å². The van der Waals surface area contributed by atoms with Gasteiger partial charge in [-0.3, -0.25) is 14.4 Å². The highest BCUT2D eigenvalue weighted by atomic mass is 16.5. The van der Waals surface area contributed by atoms with E-state index in [2.05, 4.69) is 20.6 Å². The van der Waals surface area contributed by atoms with E-state index in [0.29, 0.717) is 41.6 Å². The van der Waals surface area contributed by atoms with Crippen molar-refractivity contribution < 1.29 is 19.1 Å². The van der Waals surface area contributed by atoms with Crippen molar-refractivity contribution in [3.8, 4) is 5.75 Å². The van der Waals surface area contributed by atoms with Gasteiger partial charge in [-0.15, -0.1) is 0 Å². The van der Waals surface area contributed by atoms with Crippen LogP contribution in [0.4, 0.5) is 5.69 Å². The van der Waals surface area contributed by atoms with Gasteiger partial charge in [-0.1, -0.05) is 12.1 Å². The van der Waals surface area contributed by atoms with Crippen molar-refractivity contribution in [3.05, 3.63) is 47.5 Å². The summed E-state index contributed by atoms with van der Waals surface area (Å²) in [5, 5.41) is 5.34. The number of para-hydroxylation sites is 2. The molecule has 2 heterocycles. The second-order valence-corrected chi connectivity index (χ2v) is 7.12. The lowest BCUT2D eigenvalue weighted by Gasteiger charge is -2.16. The molecule has 9 heteroatoms. The molecule has 1 aliphatic rings. The van der Waals surface area contributed by atoms with Gasteiger partial charge in [-0.2, -0.15) is 0 Å². The summed E-state index contributed by atoms with van der Waals surface area (Å²) in [6.45, 7) is 4.20. The number of likely N-dealkylation sites (tertiary alicyclic amines) is 1. The summed E-state index contributed by atoms with van der Waals surface area (Å²) in [6, 6.07) is 7.15. The molecule has 0 spiro atoms. The molecule has 3 rings (SSSR count). The molecule has 0 radical (unpaired) electrons. The fourth-order valence-corrected chi connectivity index (χ4v) is 3.35. The molecule has 1 aromatic heterocycles. The van der Waals surface area contributed by atoms with Gasteiger partial charge < -0.3 is 20.3 Å². The van der Waals surface area contributed by atoms with Crippen molar-refractivity contribution in [1.82, 2.24) is 20.2 Å². The SMILES string of the molecule is COc1ccccc1NC(=O)c1cnc([C@@H]2CCN(C(=O)CNC(C)=O)C2)nc1C. The number of nitrogens with zero attached hydrogens (tertiary/aromatic N) is 3. The van der Waals surface area contributed by atoms with E-state index in [0.717, 1.165) is 6.42 Å². The second-order valence-electron chi connectivity index (χ2n) is 7.12. The molecule has 1 aliphatic heterocycles. The number of benzene rings is 1. The number of rotatable bonds is 6. The van der Waals surface area contributed by atoms with Crippen molar-refractivity contribution in [2.45, 2.75) is 26.2 Å². The Morgan fingerprint density at radius 1 is 1.27 bits per heavy atom. The van der Waals surface area contributed by atoms with Crippen LogP contribution in [0.5, 0.6) is 5.75 Å². The number of carbonyl (C=O) groups excluding carboxylic acids is 3. The molecular formula is C21H25N5O4. The molecule has 1 aromatic carbocycles. The summed E-state index contributed by atoms with van der Waals surface area (Å²) in [4.78, 5) is 46.4. The summed E-state index contributed by atoms with van der Waals surface area (Å²) < 4.78 is 5.26. The minimum Gasteiger partial charge on any atom is -0.495 e. The average molecular weight is 411 g/mol. The molecule has 0 saturated carbocycles. The predicted molar refractivity (Wildman–Crippen MR) is 110 cm³/mol. The first-order chi connectivity index (χ1) is 14.4. The lowest BCUT2D eigenvalue weighted by atomic mass is 10.1. The highest BCUT2D eigenvalue weighted by Gasteiger charge is 2.29. The smallest absolute Gasteiger partial charge is 0.259 e. The molecular weight excluding hydrogens is 386 g/mol. The van der Waals surface area contributed by atoms with E-state index in [4.69, 9.17) is 4.74 Å². The fourth-order valence-electron chi connectivity index (χ4n) is 3.35. The first-order valence-electron chi connectivity index (χ1n) is 9.69. The molecule has 30 heavy (non-hydrogen) atoms. The zero-order chi connectivity index (χ0) is 21.7. The maximum Gasteiger partial charge on any atom is 0.259 e. The van der Waals surface area contributed by atoms with Gasteiger partial charge in [0.2, 0.25) is 11.8 Å². The molecule has 9 nitrogen and oxygen atoms in total. The Bertz CT molecular complexity index is 962. The van der Waals surface area contributed by atoms with Gasteiger partial charge in [0.1, 0.15) is 11.6 Å². The Hall–Kier alpha value is -3.49. The normalized spacial score (nSPS) is 15.6. The van der Waals surface area contributed by atoms with Gasteiger partial charge in [-0.05, 0) is 25.5 Å². The first-order valence-corrected chi connectivity index (χ1v) is 9.69. The van der Waals surface area contributed by atoms with E-state index >= 15 is 0 Å². The van der Waals surface area contributed by atoms with Gasteiger partial charge in [0.15, 0.2) is 0 Å². The van der Waals surface area contributed by atoms with Crippen LogP contribution in [0.25, 0.3) is 0 Å². The van der Waals surface area contributed by atoms with Gasteiger partial charge in [0.05, 0.1) is 30.6 Å². The molecule has 158 valence electrons. The molecule has 2 N–H and O–H groups in total. The number of anilines is 1. The lowest BCUT2D eigenvalue weighted by molar-refractivity contribution is -0.131. The minimum absolute atomic E-state index is 0.00342. The van der Waals surface area contributed by atoms with Crippen molar-refractivity contribution in [2.75, 3.05) is 32.1 Å². The molecule has 1 fully saturated rings. The number of ether oxygens (including phenoxy) is 1. The maximum atomic E-state index is 12.7. The average Bonchev–Trinajstić information content (AvgIpc) is 3.22. The Labute approximate surface area is 174 Å². The van der Waals surface area contributed by atoms with Crippen molar-refractivity contribution in [2.24, 2.45) is 0 Å². The zero-order valence-corrected chi connectivity index (χ0v) is 17.3. The van der Waals surface area contributed by atoms with Crippen LogP contribution >= 0.6 is 0 Å². The van der Waals surface area contributed by atoms with Crippen LogP contribution in [0.15, 0.2) is 30.5 Å². The van der Waals surface area contributed by atoms with Crippen LogP contribution in [-0.2, 0) is 9.59 Å². The quantitative estimate of drug-likeness (QED) is 0.745. The third kappa shape index (κ3) is 4.91. The number of nitrogens with one attached hydrogen (secondary N) is 2. The largest absolute Gasteiger partial charge is 0.495 e. The van der Waals surface area contributed by atoms with Gasteiger partial charge in [0.25, 0.3) is 5.91 Å². The molecule has 1 saturated heterocycles. The number of hydrogen-bond acceptors (Lipinski definition) is 6. The summed E-state index contributed by atoms with van der Waals surface area (Å²) in [5.74, 6) is 0.489. The fraction of sp³-hybridized carbons (Fsp3) is 0.381. The summed E-state index contributed by atoms with van der Waals surface area (Å²) >= 11 is 0. The number of aryl methyl sites for hydroxylation is 1. The Morgan fingerprint density at radius 3 is 2.73 bits per heavy atom. The Morgan fingerprint density at radius 2 is 2.03 bits per heavy atom. The van der Waals surface area contributed by atoms with Crippen molar-refractivity contribution in [3.63, 3.8) is 0 Å². The molecule has 3 amide bonds. The van der Waals surface area contributed by atoms with Gasteiger partial charge >= 0.3 is 0 Å². The standard InChI is InChI=1S/C21H25N5O4/c1-13-16(21(29)25-17-6-4-5-7-18(17)30-3)10-23-20(24-13)15-8-9-26(12-15)19(28)11-22-14(2)27/h4-7,10,15H,8-9,11-12H2,1-3H3,(H,22,27)(H,25,29)/t15-/m1/s1. The van der Waals surface area contributed by atoms with Crippen LogP contribution in [0.1, 0.15) is 41.1 Å². The summed E-state index contributed by atoms with van der Waals surface area (Å²) in [6.07, 6.45) is 2.25. The number of carbonyl (C=O) groups is 3. The lowest BCUT2D eigenvalue weighted by Crippen LogP contribution is -2.38. The van der Waals surface area contributed by atoms with E-state index in [1.807, 2.05) is 12.1 Å². The van der Waals surface area contributed by atoms with E-state index in [1.165, 1.54) is 13.1 Å². The van der Waals surface area contributed by atoms with Crippen LogP contribution in [0.3, 0.4) is 0 Å². The zero-order valence-electron chi connectivity index (χ0n) is 17.3. The maximum absolute atomic E-state index is 12.7. The third-order valence-electron chi connectivity index (χ3n) is 4.99. The molecule has 1 atom stereocenters. The van der Waals surface area contributed by atoms with E-state index in [1.54, 1.807) is 31.1 Å². The number of methoxy groups -OCH3 is 1. The highest BCUT2D eigenvalue weighted by molar-refractivity contribution is 6.05. The molecule has 0 aliphatic carbocycles. The topological polar surface area (TPSA) is 114 Å².